The first-order valence-electron chi connectivity index (χ1n) is 6.24. The minimum absolute atomic E-state index is 0.225. The Morgan fingerprint density at radius 1 is 1.23 bits per heavy atom. The molecule has 0 spiro atoms. The molecule has 8 heteroatoms. The van der Waals surface area contributed by atoms with Crippen molar-refractivity contribution in [3.63, 3.8) is 0 Å². The van der Waals surface area contributed by atoms with Gasteiger partial charge in [0.1, 0.15) is 0 Å². The van der Waals surface area contributed by atoms with Gasteiger partial charge in [0.05, 0.1) is 0 Å². The van der Waals surface area contributed by atoms with Crippen molar-refractivity contribution in [3.05, 3.63) is 48.3 Å². The smallest absolute Gasteiger partial charge is 0.0297 e. The number of amides is 1. The summed E-state index contributed by atoms with van der Waals surface area (Å²) in [5, 5.41) is 11.5. The Kier molecular flexibility index (Phi) is 6.36. The molecule has 118 valence electrons. The molecule has 0 aliphatic heterocycles. The van der Waals surface area contributed by atoms with Crippen LogP contribution in [-0.4, -0.2) is 38.4 Å². The number of nitrogens with one attached hydrogen (secondary N) is 1. The molecule has 1 heterocycles. The summed E-state index contributed by atoms with van der Waals surface area (Å²) in [5.74, 6) is -0.880. The van der Waals surface area contributed by atoms with E-state index in [-0.39, 0.29) is 15.8 Å². The molecule has 0 bridgehead atoms. The van der Waals surface area contributed by atoms with Crippen molar-refractivity contribution in [1.29, 1.82) is 0 Å². The molecule has 22 heavy (non-hydrogen) atoms. The first-order valence-corrected chi connectivity index (χ1v) is 9.62. The van der Waals surface area contributed by atoms with Crippen LogP contribution < -0.4 is 9.67 Å². The van der Waals surface area contributed by atoms with E-state index < -0.39 is 20.1 Å². The SMILES string of the molecule is CC(=O)Nc1c(O)cccc1[As](=O)(O)O.Cc1cccnc1. The van der Waals surface area contributed by atoms with E-state index in [2.05, 4.69) is 10.3 Å². The van der Waals surface area contributed by atoms with Crippen molar-refractivity contribution in [2.45, 2.75) is 13.8 Å². The molecule has 0 saturated heterocycles. The van der Waals surface area contributed by atoms with Gasteiger partial charge in [0, 0.05) is 12.4 Å². The fourth-order valence-electron chi connectivity index (χ4n) is 1.52. The minimum Gasteiger partial charge on any atom is -0.264 e. The molecule has 2 aromatic rings. The van der Waals surface area contributed by atoms with Crippen LogP contribution in [0.15, 0.2) is 42.7 Å². The molecule has 2 rings (SSSR count). The summed E-state index contributed by atoms with van der Waals surface area (Å²) < 4.78 is 28.8. The second kappa shape index (κ2) is 7.79. The Morgan fingerprint density at radius 3 is 2.32 bits per heavy atom. The van der Waals surface area contributed by atoms with Crippen molar-refractivity contribution >= 4 is 30.1 Å². The van der Waals surface area contributed by atoms with Gasteiger partial charge in [-0.2, -0.15) is 0 Å². The standard InChI is InChI=1S/C8H10AsNO5.C6H7N/c1-5(11)10-8-6(9(13,14)15)3-2-4-7(8)12;1-6-3-2-4-7-5-6/h2-4,12H,1H3,(H,10,11)(H2,13,14,15);2-5H,1H3. The molecule has 0 saturated carbocycles. The number of aromatic nitrogens is 1. The number of aryl methyl sites for hydroxylation is 1. The van der Waals surface area contributed by atoms with Crippen LogP contribution in [0.25, 0.3) is 0 Å². The maximum Gasteiger partial charge on any atom is 0.0297 e. The Morgan fingerprint density at radius 2 is 1.91 bits per heavy atom. The Hall–Kier alpha value is -2.08. The average Bonchev–Trinajstić information content (AvgIpc) is 2.41. The van der Waals surface area contributed by atoms with Gasteiger partial charge in [0.2, 0.25) is 0 Å². The van der Waals surface area contributed by atoms with Crippen LogP contribution >= 0.6 is 0 Å². The van der Waals surface area contributed by atoms with E-state index in [9.17, 15) is 13.6 Å². The number of carbonyl (C=O) groups excluding carboxylic acids is 1. The zero-order valence-electron chi connectivity index (χ0n) is 12.1. The maximum absolute atomic E-state index is 11.1. The average molecular weight is 368 g/mol. The molecular formula is C14H17AsN2O5. The molecule has 7 nitrogen and oxygen atoms in total. The van der Waals surface area contributed by atoms with Crippen molar-refractivity contribution < 1.29 is 21.8 Å². The van der Waals surface area contributed by atoms with Crippen molar-refractivity contribution in [3.8, 4) is 5.75 Å². The molecule has 1 amide bonds. The number of nitrogens with zero attached hydrogens (tertiary/aromatic N) is 1. The Balaban J connectivity index is 0.000000287. The number of phenolic OH excluding ortho intramolecular Hbond substituents is 1. The van der Waals surface area contributed by atoms with Gasteiger partial charge in [-0.15, -0.1) is 0 Å². The largest absolute Gasteiger partial charge is 0.264 e. The predicted molar refractivity (Wildman–Crippen MR) is 81.9 cm³/mol. The number of para-hydroxylation sites is 1. The summed E-state index contributed by atoms with van der Waals surface area (Å²) in [7, 11) is 0. The summed E-state index contributed by atoms with van der Waals surface area (Å²) >= 11 is -5.14. The topological polar surface area (TPSA) is 120 Å². The van der Waals surface area contributed by atoms with Crippen molar-refractivity contribution in [2.75, 3.05) is 5.32 Å². The first-order chi connectivity index (χ1) is 10.2. The van der Waals surface area contributed by atoms with Crippen molar-refractivity contribution in [2.24, 2.45) is 0 Å². The third kappa shape index (κ3) is 5.73. The number of benzene rings is 1. The van der Waals surface area contributed by atoms with E-state index in [4.69, 9.17) is 8.19 Å². The monoisotopic (exact) mass is 368 g/mol. The number of hydrogen-bond donors (Lipinski definition) is 4. The molecular weight excluding hydrogens is 351 g/mol. The minimum atomic E-state index is -5.14. The van der Waals surface area contributed by atoms with Crippen LogP contribution in [-0.2, 0) is 8.53 Å². The number of phenols is 1. The summed E-state index contributed by atoms with van der Waals surface area (Å²) in [5.41, 5.74) is 0.986. The molecule has 1 aromatic carbocycles. The predicted octanol–water partition coefficient (Wildman–Crippen LogP) is 0.302. The molecule has 0 atom stereocenters. The van der Waals surface area contributed by atoms with Gasteiger partial charge in [-0.05, 0) is 18.6 Å². The number of hydrogen-bond acceptors (Lipinski definition) is 4. The zero-order valence-corrected chi connectivity index (χ0v) is 14.0. The van der Waals surface area contributed by atoms with Crippen LogP contribution in [0.3, 0.4) is 0 Å². The summed E-state index contributed by atoms with van der Waals surface area (Å²) in [6, 6.07) is 7.66. The van der Waals surface area contributed by atoms with Gasteiger partial charge in [-0.1, -0.05) is 6.07 Å². The third-order valence-electron chi connectivity index (χ3n) is 2.44. The molecule has 0 radical (unpaired) electrons. The zero-order chi connectivity index (χ0) is 16.8. The van der Waals surface area contributed by atoms with E-state index in [1.807, 2.05) is 25.3 Å². The molecule has 0 aliphatic carbocycles. The quantitative estimate of drug-likeness (QED) is 0.447. The van der Waals surface area contributed by atoms with Gasteiger partial charge in [0.25, 0.3) is 0 Å². The molecule has 1 aromatic heterocycles. The number of aromatic hydroxyl groups is 1. The number of rotatable bonds is 2. The van der Waals surface area contributed by atoms with Crippen LogP contribution in [0, 0.1) is 6.92 Å². The van der Waals surface area contributed by atoms with Crippen LogP contribution in [0.4, 0.5) is 5.69 Å². The summed E-state index contributed by atoms with van der Waals surface area (Å²) in [4.78, 5) is 14.7. The summed E-state index contributed by atoms with van der Waals surface area (Å²) in [6.07, 6.45) is 3.60. The molecule has 0 fully saturated rings. The van der Waals surface area contributed by atoms with E-state index in [1.54, 1.807) is 6.20 Å². The van der Waals surface area contributed by atoms with Gasteiger partial charge < -0.3 is 0 Å². The van der Waals surface area contributed by atoms with E-state index >= 15 is 0 Å². The van der Waals surface area contributed by atoms with Crippen LogP contribution in [0.5, 0.6) is 5.75 Å². The van der Waals surface area contributed by atoms with Crippen LogP contribution in [0.1, 0.15) is 12.5 Å². The number of pyridine rings is 1. The first kappa shape index (κ1) is 18.0. The fourth-order valence-corrected chi connectivity index (χ4v) is 3.08. The van der Waals surface area contributed by atoms with Crippen LogP contribution in [0.2, 0.25) is 0 Å². The summed E-state index contributed by atoms with van der Waals surface area (Å²) in [6.45, 7) is 3.20. The van der Waals surface area contributed by atoms with Gasteiger partial charge in [-0.25, -0.2) is 0 Å². The van der Waals surface area contributed by atoms with E-state index in [0.717, 1.165) is 0 Å². The van der Waals surface area contributed by atoms with Gasteiger partial charge in [-0.3, -0.25) is 4.98 Å². The van der Waals surface area contributed by atoms with Gasteiger partial charge >= 0.3 is 88.1 Å². The maximum atomic E-state index is 11.1. The fraction of sp³-hybridized carbons (Fsp3) is 0.143. The van der Waals surface area contributed by atoms with E-state index in [0.29, 0.717) is 0 Å². The molecule has 4 N–H and O–H groups in total. The second-order valence-electron chi connectivity index (χ2n) is 4.43. The molecule has 0 aliphatic rings. The number of anilines is 1. The Labute approximate surface area is 130 Å². The Bertz CT molecular complexity index is 685. The third-order valence-corrected chi connectivity index (χ3v) is 4.54. The van der Waals surface area contributed by atoms with E-state index in [1.165, 1.54) is 30.7 Å². The van der Waals surface area contributed by atoms with Gasteiger partial charge in [0.15, 0.2) is 0 Å². The normalized spacial score (nSPS) is 10.4. The molecule has 0 unspecified atom stereocenters. The van der Waals surface area contributed by atoms with Crippen molar-refractivity contribution in [1.82, 2.24) is 4.98 Å². The second-order valence-corrected chi connectivity index (χ2v) is 7.72. The number of carbonyl (C=O) groups is 1.